The highest BCUT2D eigenvalue weighted by molar-refractivity contribution is 7.09. The molecule has 0 unspecified atom stereocenters. The van der Waals surface area contributed by atoms with Gasteiger partial charge in [-0.05, 0) is 43.7 Å². The van der Waals surface area contributed by atoms with E-state index in [-0.39, 0.29) is 5.41 Å². The van der Waals surface area contributed by atoms with Crippen LogP contribution in [0.5, 0.6) is 0 Å². The monoisotopic (exact) mass is 295 g/mol. The van der Waals surface area contributed by atoms with Crippen LogP contribution in [0, 0.1) is 5.41 Å². The maximum atomic E-state index is 8.80. The summed E-state index contributed by atoms with van der Waals surface area (Å²) >= 11 is 1.83. The Morgan fingerprint density at radius 1 is 1.55 bits per heavy atom. The Hall–Kier alpha value is -1.07. The zero-order valence-electron chi connectivity index (χ0n) is 12.4. The van der Waals surface area contributed by atoms with Crippen molar-refractivity contribution in [3.05, 3.63) is 22.4 Å². The van der Waals surface area contributed by atoms with E-state index < -0.39 is 0 Å². The van der Waals surface area contributed by atoms with E-state index in [1.807, 2.05) is 25.2 Å². The van der Waals surface area contributed by atoms with Gasteiger partial charge in [0.2, 0.25) is 0 Å². The van der Waals surface area contributed by atoms with Gasteiger partial charge in [-0.25, -0.2) is 0 Å². The lowest BCUT2D eigenvalue weighted by Gasteiger charge is -2.26. The van der Waals surface area contributed by atoms with Crippen molar-refractivity contribution in [3.8, 4) is 0 Å². The number of nitrogens with two attached hydrogens (primary N) is 1. The molecule has 4 nitrogen and oxygen atoms in total. The summed E-state index contributed by atoms with van der Waals surface area (Å²) in [4.78, 5) is 4.02. The molecule has 112 valence electrons. The highest BCUT2D eigenvalue weighted by Crippen LogP contribution is 2.30. The maximum absolute atomic E-state index is 8.80. The van der Waals surface area contributed by atoms with E-state index >= 15 is 0 Å². The van der Waals surface area contributed by atoms with Crippen LogP contribution in [0.4, 0.5) is 0 Å². The van der Waals surface area contributed by atoms with Crippen LogP contribution in [0.25, 0.3) is 0 Å². The van der Waals surface area contributed by atoms with Crippen molar-refractivity contribution in [3.63, 3.8) is 0 Å². The first-order valence-electron chi connectivity index (χ1n) is 7.27. The molecular weight excluding hydrogens is 270 g/mol. The van der Waals surface area contributed by atoms with Gasteiger partial charge in [0.05, 0.1) is 0 Å². The third kappa shape index (κ3) is 4.21. The molecule has 0 radical (unpaired) electrons. The van der Waals surface area contributed by atoms with Crippen LogP contribution in [0.1, 0.15) is 44.4 Å². The minimum atomic E-state index is -0.229. The van der Waals surface area contributed by atoms with E-state index in [9.17, 15) is 0 Å². The summed E-state index contributed by atoms with van der Waals surface area (Å²) in [5.74, 6) is 0.328. The Morgan fingerprint density at radius 3 is 2.85 bits per heavy atom. The summed E-state index contributed by atoms with van der Waals surface area (Å²) in [7, 11) is 0. The Bertz CT molecular complexity index is 438. The average molecular weight is 295 g/mol. The van der Waals surface area contributed by atoms with E-state index in [0.717, 1.165) is 32.0 Å². The zero-order chi connectivity index (χ0) is 14.6. The largest absolute Gasteiger partial charge is 0.409 e. The zero-order valence-corrected chi connectivity index (χ0v) is 13.2. The lowest BCUT2D eigenvalue weighted by atomic mass is 9.86. The SMILES string of the molecule is CC(C)(CCCN(Cc1cccs1)C1CC1)C(N)=NO. The Balaban J connectivity index is 1.81. The number of hydrogen-bond acceptors (Lipinski definition) is 4. The normalized spacial score (nSPS) is 16.9. The van der Waals surface area contributed by atoms with Crippen LogP contribution in [-0.2, 0) is 6.54 Å². The Kier molecular flexibility index (Phi) is 5.05. The minimum absolute atomic E-state index is 0.229. The van der Waals surface area contributed by atoms with Gasteiger partial charge in [0.15, 0.2) is 0 Å². The summed E-state index contributed by atoms with van der Waals surface area (Å²) < 4.78 is 0. The highest BCUT2D eigenvalue weighted by atomic mass is 32.1. The van der Waals surface area contributed by atoms with Crippen molar-refractivity contribution in [2.45, 2.75) is 52.1 Å². The van der Waals surface area contributed by atoms with Crippen LogP contribution in [-0.4, -0.2) is 28.5 Å². The van der Waals surface area contributed by atoms with Crippen LogP contribution in [0.3, 0.4) is 0 Å². The molecule has 1 aromatic heterocycles. The van der Waals surface area contributed by atoms with E-state index in [1.165, 1.54) is 17.7 Å². The van der Waals surface area contributed by atoms with Crippen LogP contribution in [0.15, 0.2) is 22.7 Å². The van der Waals surface area contributed by atoms with Crippen molar-refractivity contribution in [1.29, 1.82) is 0 Å². The number of thiophene rings is 1. The maximum Gasteiger partial charge on any atom is 0.144 e. The molecule has 2 rings (SSSR count). The van der Waals surface area contributed by atoms with Gasteiger partial charge in [-0.1, -0.05) is 25.1 Å². The first-order chi connectivity index (χ1) is 9.53. The van der Waals surface area contributed by atoms with Gasteiger partial charge < -0.3 is 10.9 Å². The van der Waals surface area contributed by atoms with Crippen molar-refractivity contribution in [1.82, 2.24) is 4.90 Å². The molecule has 0 bridgehead atoms. The number of amidine groups is 1. The molecule has 1 aliphatic rings. The summed E-state index contributed by atoms with van der Waals surface area (Å²) in [5, 5.41) is 14.1. The van der Waals surface area contributed by atoms with Gasteiger partial charge in [0.1, 0.15) is 5.84 Å². The third-order valence-electron chi connectivity index (χ3n) is 4.05. The smallest absolute Gasteiger partial charge is 0.144 e. The second-order valence-electron chi connectivity index (χ2n) is 6.25. The molecule has 1 aliphatic carbocycles. The molecule has 0 aromatic carbocycles. The van der Waals surface area contributed by atoms with Crippen molar-refractivity contribution >= 4 is 17.2 Å². The predicted octanol–water partition coefficient (Wildman–Crippen LogP) is 3.27. The molecule has 0 saturated heterocycles. The molecule has 0 aliphatic heterocycles. The fraction of sp³-hybridized carbons (Fsp3) is 0.667. The topological polar surface area (TPSA) is 61.8 Å². The fourth-order valence-corrected chi connectivity index (χ4v) is 3.15. The van der Waals surface area contributed by atoms with Crippen LogP contribution >= 0.6 is 11.3 Å². The summed E-state index contributed by atoms with van der Waals surface area (Å²) in [6.45, 7) is 6.21. The molecule has 20 heavy (non-hydrogen) atoms. The summed E-state index contributed by atoms with van der Waals surface area (Å²) in [6.07, 6.45) is 4.67. The standard InChI is InChI=1S/C15H25N3OS/c1-15(2,14(16)17-19)8-4-9-18(12-6-7-12)11-13-5-3-10-20-13/h3,5,10,12,19H,4,6-9,11H2,1-2H3,(H2,16,17). The first kappa shape index (κ1) is 15.3. The molecular formula is C15H25N3OS. The van der Waals surface area contributed by atoms with Crippen molar-refractivity contribution in [2.24, 2.45) is 16.3 Å². The van der Waals surface area contributed by atoms with Gasteiger partial charge in [0.25, 0.3) is 0 Å². The summed E-state index contributed by atoms with van der Waals surface area (Å²) in [5.41, 5.74) is 5.51. The molecule has 1 fully saturated rings. The predicted molar refractivity (Wildman–Crippen MR) is 84.2 cm³/mol. The quantitative estimate of drug-likeness (QED) is 0.335. The molecule has 0 atom stereocenters. The number of oxime groups is 1. The van der Waals surface area contributed by atoms with Crippen LogP contribution in [0.2, 0.25) is 0 Å². The number of rotatable bonds is 8. The highest BCUT2D eigenvalue weighted by Gasteiger charge is 2.30. The third-order valence-corrected chi connectivity index (χ3v) is 4.91. The molecule has 5 heteroatoms. The number of nitrogens with zero attached hydrogens (tertiary/aromatic N) is 2. The Morgan fingerprint density at radius 2 is 2.30 bits per heavy atom. The van der Waals surface area contributed by atoms with E-state index in [1.54, 1.807) is 0 Å². The second-order valence-corrected chi connectivity index (χ2v) is 7.29. The molecule has 1 saturated carbocycles. The van der Waals surface area contributed by atoms with Crippen molar-refractivity contribution in [2.75, 3.05) is 6.54 Å². The first-order valence-corrected chi connectivity index (χ1v) is 8.15. The van der Waals surface area contributed by atoms with Crippen molar-refractivity contribution < 1.29 is 5.21 Å². The van der Waals surface area contributed by atoms with E-state index in [2.05, 4.69) is 27.6 Å². The van der Waals surface area contributed by atoms with Gasteiger partial charge in [-0.3, -0.25) is 4.90 Å². The molecule has 0 amide bonds. The van der Waals surface area contributed by atoms with E-state index in [4.69, 9.17) is 10.9 Å². The molecule has 3 N–H and O–H groups in total. The second kappa shape index (κ2) is 6.59. The molecule has 0 spiro atoms. The van der Waals surface area contributed by atoms with Gasteiger partial charge in [-0.15, -0.1) is 11.3 Å². The fourth-order valence-electron chi connectivity index (χ4n) is 2.42. The Labute approximate surface area is 125 Å². The summed E-state index contributed by atoms with van der Waals surface area (Å²) in [6, 6.07) is 5.09. The lowest BCUT2D eigenvalue weighted by Crippen LogP contribution is -2.33. The minimum Gasteiger partial charge on any atom is -0.409 e. The van der Waals surface area contributed by atoms with Gasteiger partial charge in [0, 0.05) is 22.9 Å². The van der Waals surface area contributed by atoms with E-state index in [0.29, 0.717) is 5.84 Å². The van der Waals surface area contributed by atoms with Crippen LogP contribution < -0.4 is 5.73 Å². The van der Waals surface area contributed by atoms with Gasteiger partial charge in [-0.2, -0.15) is 0 Å². The lowest BCUT2D eigenvalue weighted by molar-refractivity contribution is 0.240. The molecule has 1 heterocycles. The number of hydrogen-bond donors (Lipinski definition) is 2. The van der Waals surface area contributed by atoms with Gasteiger partial charge >= 0.3 is 0 Å². The average Bonchev–Trinajstić information content (AvgIpc) is 3.14. The molecule has 1 aromatic rings.